The normalized spacial score (nSPS) is 10.1. The minimum absolute atomic E-state index is 0.0731. The van der Waals surface area contributed by atoms with Gasteiger partial charge in [0.1, 0.15) is 0 Å². The van der Waals surface area contributed by atoms with Gasteiger partial charge in [-0.3, -0.25) is 9.78 Å². The van der Waals surface area contributed by atoms with E-state index in [2.05, 4.69) is 4.98 Å². The number of halogens is 1. The first-order valence-electron chi connectivity index (χ1n) is 4.89. The summed E-state index contributed by atoms with van der Waals surface area (Å²) in [5.41, 5.74) is 2.15. The van der Waals surface area contributed by atoms with Crippen LogP contribution in [-0.2, 0) is 0 Å². The molecule has 3 heteroatoms. The number of carbonyl (C=O) groups is 1. The Kier molecular flexibility index (Phi) is 3.02. The van der Waals surface area contributed by atoms with Crippen molar-refractivity contribution < 1.29 is 4.79 Å². The summed E-state index contributed by atoms with van der Waals surface area (Å²) in [6.45, 7) is 1.93. The molecule has 0 unspecified atom stereocenters. The van der Waals surface area contributed by atoms with E-state index in [1.807, 2.05) is 13.0 Å². The van der Waals surface area contributed by atoms with E-state index in [9.17, 15) is 4.79 Å². The molecule has 1 aromatic heterocycles. The Labute approximate surface area is 98.9 Å². The predicted octanol–water partition coefficient (Wildman–Crippen LogP) is 3.27. The first-order chi connectivity index (χ1) is 7.68. The van der Waals surface area contributed by atoms with E-state index < -0.39 is 0 Å². The number of benzene rings is 1. The third-order valence-electron chi connectivity index (χ3n) is 2.31. The Balaban J connectivity index is 2.46. The van der Waals surface area contributed by atoms with Gasteiger partial charge in [-0.15, -0.1) is 0 Å². The molecule has 0 fully saturated rings. The number of hydrogen-bond donors (Lipinski definition) is 0. The molecule has 0 saturated carbocycles. The summed E-state index contributed by atoms with van der Waals surface area (Å²) in [4.78, 5) is 16.0. The van der Waals surface area contributed by atoms with Crippen molar-refractivity contribution >= 4 is 17.4 Å². The van der Waals surface area contributed by atoms with Crippen LogP contribution in [0.1, 0.15) is 21.5 Å². The van der Waals surface area contributed by atoms with E-state index in [1.165, 1.54) is 0 Å². The van der Waals surface area contributed by atoms with Crippen molar-refractivity contribution in [3.63, 3.8) is 0 Å². The molecule has 0 bridgehead atoms. The van der Waals surface area contributed by atoms with Gasteiger partial charge in [-0.2, -0.15) is 0 Å². The van der Waals surface area contributed by atoms with E-state index in [-0.39, 0.29) is 5.78 Å². The van der Waals surface area contributed by atoms with Crippen molar-refractivity contribution in [2.45, 2.75) is 6.92 Å². The molecule has 1 aromatic carbocycles. The average Bonchev–Trinajstić information content (AvgIpc) is 2.32. The molecular formula is C13H10ClNO. The lowest BCUT2D eigenvalue weighted by molar-refractivity contribution is 0.103. The van der Waals surface area contributed by atoms with Gasteiger partial charge in [0.05, 0.1) is 5.02 Å². The number of nitrogens with zero attached hydrogens (tertiary/aromatic N) is 1. The van der Waals surface area contributed by atoms with Gasteiger partial charge in [0.15, 0.2) is 5.78 Å². The summed E-state index contributed by atoms with van der Waals surface area (Å²) in [5, 5.41) is 0.479. The molecule has 0 aliphatic heterocycles. The van der Waals surface area contributed by atoms with E-state index in [1.54, 1.807) is 36.7 Å². The summed E-state index contributed by atoms with van der Waals surface area (Å²) >= 11 is 6.00. The maximum atomic E-state index is 12.1. The minimum atomic E-state index is -0.0731. The summed E-state index contributed by atoms with van der Waals surface area (Å²) in [5.74, 6) is -0.0731. The number of hydrogen-bond acceptors (Lipinski definition) is 2. The lowest BCUT2D eigenvalue weighted by Crippen LogP contribution is -2.02. The Morgan fingerprint density at radius 3 is 2.56 bits per heavy atom. The predicted molar refractivity (Wildman–Crippen MR) is 63.9 cm³/mol. The number of aryl methyl sites for hydroxylation is 1. The van der Waals surface area contributed by atoms with Crippen molar-refractivity contribution in [3.8, 4) is 0 Å². The highest BCUT2D eigenvalue weighted by Gasteiger charge is 2.12. The highest BCUT2D eigenvalue weighted by atomic mass is 35.5. The number of pyridine rings is 1. The van der Waals surface area contributed by atoms with Crippen LogP contribution in [-0.4, -0.2) is 10.8 Å². The summed E-state index contributed by atoms with van der Waals surface area (Å²) in [6.07, 6.45) is 3.19. The molecular weight excluding hydrogens is 222 g/mol. The summed E-state index contributed by atoms with van der Waals surface area (Å²) < 4.78 is 0. The van der Waals surface area contributed by atoms with Crippen LogP contribution in [0.5, 0.6) is 0 Å². The molecule has 0 atom stereocenters. The van der Waals surface area contributed by atoms with Crippen LogP contribution < -0.4 is 0 Å². The zero-order valence-electron chi connectivity index (χ0n) is 8.77. The van der Waals surface area contributed by atoms with Crippen LogP contribution in [0, 0.1) is 6.92 Å². The van der Waals surface area contributed by atoms with Crippen molar-refractivity contribution in [1.82, 2.24) is 4.98 Å². The molecule has 0 amide bonds. The standard InChI is InChI=1S/C13H10ClNO/c1-9-2-3-12(14)11(8-9)13(16)10-4-6-15-7-5-10/h2-8H,1H3. The van der Waals surface area contributed by atoms with Gasteiger partial charge in [-0.1, -0.05) is 23.2 Å². The first-order valence-corrected chi connectivity index (χ1v) is 5.27. The van der Waals surface area contributed by atoms with Crippen LogP contribution in [0.25, 0.3) is 0 Å². The molecule has 0 N–H and O–H groups in total. The Morgan fingerprint density at radius 2 is 1.88 bits per heavy atom. The second kappa shape index (κ2) is 4.45. The second-order valence-electron chi connectivity index (χ2n) is 3.55. The topological polar surface area (TPSA) is 30.0 Å². The van der Waals surface area contributed by atoms with Crippen molar-refractivity contribution in [2.75, 3.05) is 0 Å². The molecule has 0 spiro atoms. The van der Waals surface area contributed by atoms with E-state index in [0.717, 1.165) is 5.56 Å². The Morgan fingerprint density at radius 1 is 1.19 bits per heavy atom. The van der Waals surface area contributed by atoms with Crippen LogP contribution in [0.15, 0.2) is 42.7 Å². The van der Waals surface area contributed by atoms with Gasteiger partial charge >= 0.3 is 0 Å². The SMILES string of the molecule is Cc1ccc(Cl)c(C(=O)c2ccncc2)c1. The fourth-order valence-corrected chi connectivity index (χ4v) is 1.68. The highest BCUT2D eigenvalue weighted by molar-refractivity contribution is 6.35. The molecule has 2 aromatic rings. The van der Waals surface area contributed by atoms with Crippen LogP contribution in [0.2, 0.25) is 5.02 Å². The van der Waals surface area contributed by atoms with E-state index in [0.29, 0.717) is 16.1 Å². The smallest absolute Gasteiger partial charge is 0.194 e. The quantitative estimate of drug-likeness (QED) is 0.743. The second-order valence-corrected chi connectivity index (χ2v) is 3.96. The van der Waals surface area contributed by atoms with Crippen LogP contribution in [0.4, 0.5) is 0 Å². The fourth-order valence-electron chi connectivity index (χ4n) is 1.47. The molecule has 16 heavy (non-hydrogen) atoms. The molecule has 0 radical (unpaired) electrons. The largest absolute Gasteiger partial charge is 0.289 e. The Hall–Kier alpha value is -1.67. The van der Waals surface area contributed by atoms with Crippen LogP contribution >= 0.6 is 11.6 Å². The summed E-state index contributed by atoms with van der Waals surface area (Å²) in [7, 11) is 0. The number of ketones is 1. The zero-order chi connectivity index (χ0) is 11.5. The molecule has 0 aliphatic rings. The maximum absolute atomic E-state index is 12.1. The molecule has 80 valence electrons. The van der Waals surface area contributed by atoms with Gasteiger partial charge in [0.2, 0.25) is 0 Å². The van der Waals surface area contributed by atoms with Gasteiger partial charge in [-0.25, -0.2) is 0 Å². The van der Waals surface area contributed by atoms with Gasteiger partial charge in [0.25, 0.3) is 0 Å². The molecule has 1 heterocycles. The van der Waals surface area contributed by atoms with Gasteiger partial charge in [-0.05, 0) is 31.2 Å². The number of aromatic nitrogens is 1. The molecule has 0 aliphatic carbocycles. The molecule has 2 rings (SSSR count). The lowest BCUT2D eigenvalue weighted by atomic mass is 10.0. The van der Waals surface area contributed by atoms with Crippen molar-refractivity contribution in [1.29, 1.82) is 0 Å². The monoisotopic (exact) mass is 231 g/mol. The average molecular weight is 232 g/mol. The highest BCUT2D eigenvalue weighted by Crippen LogP contribution is 2.20. The summed E-state index contributed by atoms with van der Waals surface area (Å²) in [6, 6.07) is 8.78. The van der Waals surface area contributed by atoms with Crippen molar-refractivity contribution in [2.24, 2.45) is 0 Å². The minimum Gasteiger partial charge on any atom is -0.289 e. The van der Waals surface area contributed by atoms with Crippen LogP contribution in [0.3, 0.4) is 0 Å². The van der Waals surface area contributed by atoms with E-state index >= 15 is 0 Å². The molecule has 0 saturated heterocycles. The number of carbonyl (C=O) groups excluding carboxylic acids is 1. The lowest BCUT2D eigenvalue weighted by Gasteiger charge is -2.04. The van der Waals surface area contributed by atoms with Gasteiger partial charge < -0.3 is 0 Å². The van der Waals surface area contributed by atoms with Gasteiger partial charge in [0, 0.05) is 23.5 Å². The third-order valence-corrected chi connectivity index (χ3v) is 2.64. The van der Waals surface area contributed by atoms with E-state index in [4.69, 9.17) is 11.6 Å². The maximum Gasteiger partial charge on any atom is 0.194 e. The Bertz CT molecular complexity index is 523. The molecule has 2 nitrogen and oxygen atoms in total. The van der Waals surface area contributed by atoms with Crippen molar-refractivity contribution in [3.05, 3.63) is 64.4 Å². The zero-order valence-corrected chi connectivity index (χ0v) is 9.53. The fraction of sp³-hybridized carbons (Fsp3) is 0.0769. The first kappa shape index (κ1) is 10.8. The number of rotatable bonds is 2. The third kappa shape index (κ3) is 2.12.